The maximum Gasteiger partial charge on any atom is 0.516 e. The van der Waals surface area contributed by atoms with Crippen molar-refractivity contribution >= 4 is 28.3 Å². The Morgan fingerprint density at radius 2 is 1.67 bits per heavy atom. The second-order valence-corrected chi connectivity index (χ2v) is 9.92. The van der Waals surface area contributed by atoms with Gasteiger partial charge in [0.1, 0.15) is 0 Å². The Balaban J connectivity index is 2.12. The molecule has 0 atom stereocenters. The minimum absolute atomic E-state index is 0.0586. The molecule has 10 heteroatoms. The van der Waals surface area contributed by atoms with Gasteiger partial charge in [-0.25, -0.2) is 0 Å². The molecule has 0 unspecified atom stereocenters. The minimum atomic E-state index is -5.46. The van der Waals surface area contributed by atoms with E-state index in [4.69, 9.17) is 9.31 Å². The first-order valence-corrected chi connectivity index (χ1v) is 10.2. The van der Waals surface area contributed by atoms with Crippen molar-refractivity contribution in [2.24, 2.45) is 0 Å². The number of alkyl halides is 3. The van der Waals surface area contributed by atoms with Crippen molar-refractivity contribution < 1.29 is 30.9 Å². The number of hydrogen-bond acceptors (Lipinski definition) is 4. The standard InChI is InChI=1S/C17H23BF3NO4S/c1-11-9-13(18-25-15(2,3)16(4,5)26-18)12-7-6-8-22(14(12)10-11)27(23,24)17(19,20)21/h9-10H,6-8H2,1-5H3. The largest absolute Gasteiger partial charge is 0.516 e. The van der Waals surface area contributed by atoms with Crippen LogP contribution in [0.2, 0.25) is 0 Å². The summed E-state index contributed by atoms with van der Waals surface area (Å²) in [6.07, 6.45) is 0.747. The fourth-order valence-corrected chi connectivity index (χ4v) is 4.44. The number of nitrogens with zero attached hydrogens (tertiary/aromatic N) is 1. The van der Waals surface area contributed by atoms with Gasteiger partial charge in [-0.05, 0) is 70.1 Å². The summed E-state index contributed by atoms with van der Waals surface area (Å²) in [6, 6.07) is 3.28. The highest BCUT2D eigenvalue weighted by Gasteiger charge is 2.54. The zero-order valence-corrected chi connectivity index (χ0v) is 16.8. The zero-order valence-electron chi connectivity index (χ0n) is 16.0. The molecule has 150 valence electrons. The summed E-state index contributed by atoms with van der Waals surface area (Å²) in [5.74, 6) is 0. The maximum atomic E-state index is 13.1. The first kappa shape index (κ1) is 20.5. The van der Waals surface area contributed by atoms with Gasteiger partial charge in [0.2, 0.25) is 0 Å². The third-order valence-corrected chi connectivity index (χ3v) is 7.10. The van der Waals surface area contributed by atoms with Crippen LogP contribution in [0.3, 0.4) is 0 Å². The van der Waals surface area contributed by atoms with Gasteiger partial charge in [-0.1, -0.05) is 6.07 Å². The average Bonchev–Trinajstić information content (AvgIpc) is 2.72. The number of anilines is 1. The monoisotopic (exact) mass is 405 g/mol. The summed E-state index contributed by atoms with van der Waals surface area (Å²) in [4.78, 5) is 0. The molecular formula is C17H23BF3NO4S. The SMILES string of the molecule is Cc1cc(B2OC(C)(C)C(C)(C)O2)c2c(c1)N(S(=O)(=O)C(F)(F)F)CCC2. The number of sulfonamides is 1. The Kier molecular flexibility index (Phi) is 4.64. The van der Waals surface area contributed by atoms with Crippen LogP contribution in [0.5, 0.6) is 0 Å². The van der Waals surface area contributed by atoms with E-state index in [-0.39, 0.29) is 18.7 Å². The maximum absolute atomic E-state index is 13.1. The average molecular weight is 405 g/mol. The minimum Gasteiger partial charge on any atom is -0.399 e. The predicted octanol–water partition coefficient (Wildman–Crippen LogP) is 2.90. The normalized spacial score (nSPS) is 22.1. The van der Waals surface area contributed by atoms with Crippen LogP contribution < -0.4 is 9.77 Å². The predicted molar refractivity (Wildman–Crippen MR) is 97.5 cm³/mol. The van der Waals surface area contributed by atoms with E-state index in [1.54, 1.807) is 13.0 Å². The number of fused-ring (bicyclic) bond motifs is 1. The lowest BCUT2D eigenvalue weighted by molar-refractivity contribution is -0.0438. The number of hydrogen-bond donors (Lipinski definition) is 0. The smallest absolute Gasteiger partial charge is 0.399 e. The number of aryl methyl sites for hydroxylation is 1. The van der Waals surface area contributed by atoms with Gasteiger partial charge in [0.05, 0.1) is 16.9 Å². The fourth-order valence-electron chi connectivity index (χ4n) is 3.39. The van der Waals surface area contributed by atoms with E-state index >= 15 is 0 Å². The molecule has 0 aliphatic carbocycles. The molecule has 5 nitrogen and oxygen atoms in total. The van der Waals surface area contributed by atoms with Crippen LogP contribution in [0.1, 0.15) is 45.2 Å². The summed E-state index contributed by atoms with van der Waals surface area (Å²) in [6.45, 7) is 9.04. The van der Waals surface area contributed by atoms with Crippen LogP contribution in [0.4, 0.5) is 18.9 Å². The Bertz CT molecular complexity index is 852. The molecule has 27 heavy (non-hydrogen) atoms. The van der Waals surface area contributed by atoms with Crippen molar-refractivity contribution in [2.75, 3.05) is 10.8 Å². The lowest BCUT2D eigenvalue weighted by Crippen LogP contribution is -2.46. The molecule has 0 spiro atoms. The van der Waals surface area contributed by atoms with Gasteiger partial charge in [0, 0.05) is 6.54 Å². The summed E-state index contributed by atoms with van der Waals surface area (Å²) >= 11 is 0. The Morgan fingerprint density at radius 1 is 1.11 bits per heavy atom. The van der Waals surface area contributed by atoms with E-state index in [2.05, 4.69) is 0 Å². The topological polar surface area (TPSA) is 55.8 Å². The molecule has 2 heterocycles. The van der Waals surface area contributed by atoms with Crippen LogP contribution >= 0.6 is 0 Å². The molecule has 2 aliphatic heterocycles. The summed E-state index contributed by atoms with van der Waals surface area (Å²) in [5.41, 5.74) is -4.76. The second kappa shape index (κ2) is 6.12. The molecule has 1 aromatic rings. The third kappa shape index (κ3) is 3.25. The second-order valence-electron chi connectivity index (χ2n) is 8.07. The molecule has 0 aromatic heterocycles. The van der Waals surface area contributed by atoms with E-state index in [0.29, 0.717) is 27.3 Å². The number of rotatable bonds is 2. The Morgan fingerprint density at radius 3 is 2.19 bits per heavy atom. The molecular weight excluding hydrogens is 382 g/mol. The van der Waals surface area contributed by atoms with Crippen molar-refractivity contribution in [3.8, 4) is 0 Å². The van der Waals surface area contributed by atoms with Crippen molar-refractivity contribution in [1.82, 2.24) is 0 Å². The number of halogens is 3. The van der Waals surface area contributed by atoms with Gasteiger partial charge in [-0.15, -0.1) is 0 Å². The fraction of sp³-hybridized carbons (Fsp3) is 0.647. The van der Waals surface area contributed by atoms with Crippen LogP contribution in [0, 0.1) is 6.92 Å². The molecule has 0 N–H and O–H groups in total. The summed E-state index contributed by atoms with van der Waals surface area (Å²) < 4.78 is 76.1. The van der Waals surface area contributed by atoms with Crippen LogP contribution in [0.25, 0.3) is 0 Å². The van der Waals surface area contributed by atoms with E-state index in [1.165, 1.54) is 6.07 Å². The molecule has 1 aromatic carbocycles. The van der Waals surface area contributed by atoms with E-state index in [9.17, 15) is 21.6 Å². The number of benzene rings is 1. The van der Waals surface area contributed by atoms with Crippen molar-refractivity contribution in [1.29, 1.82) is 0 Å². The Labute approximate surface area is 158 Å². The van der Waals surface area contributed by atoms with Gasteiger partial charge in [0.15, 0.2) is 0 Å². The molecule has 0 radical (unpaired) electrons. The highest BCUT2D eigenvalue weighted by atomic mass is 32.2. The van der Waals surface area contributed by atoms with Gasteiger partial charge in [-0.3, -0.25) is 4.31 Å². The molecule has 3 rings (SSSR count). The van der Waals surface area contributed by atoms with Crippen molar-refractivity contribution in [2.45, 2.75) is 64.2 Å². The molecule has 0 bridgehead atoms. The summed E-state index contributed by atoms with van der Waals surface area (Å²) in [7, 11) is -6.23. The lowest BCUT2D eigenvalue weighted by Gasteiger charge is -2.33. The Hall–Kier alpha value is -1.26. The molecule has 1 saturated heterocycles. The van der Waals surface area contributed by atoms with E-state index in [0.717, 1.165) is 0 Å². The van der Waals surface area contributed by atoms with Crippen molar-refractivity contribution in [3.05, 3.63) is 23.3 Å². The third-order valence-electron chi connectivity index (χ3n) is 5.55. The highest BCUT2D eigenvalue weighted by molar-refractivity contribution is 7.93. The van der Waals surface area contributed by atoms with Crippen LogP contribution in [-0.2, 0) is 25.8 Å². The van der Waals surface area contributed by atoms with Crippen molar-refractivity contribution in [3.63, 3.8) is 0 Å². The summed E-state index contributed by atoms with van der Waals surface area (Å²) in [5, 5.41) is 0. The lowest BCUT2D eigenvalue weighted by atomic mass is 9.73. The van der Waals surface area contributed by atoms with Gasteiger partial charge >= 0.3 is 22.7 Å². The van der Waals surface area contributed by atoms with Crippen LogP contribution in [0.15, 0.2) is 12.1 Å². The molecule has 0 amide bonds. The first-order valence-electron chi connectivity index (χ1n) is 8.75. The van der Waals surface area contributed by atoms with E-state index in [1.807, 2.05) is 27.7 Å². The van der Waals surface area contributed by atoms with E-state index < -0.39 is 33.9 Å². The zero-order chi connectivity index (χ0) is 20.4. The van der Waals surface area contributed by atoms with Gasteiger partial charge in [-0.2, -0.15) is 21.6 Å². The molecule has 2 aliphatic rings. The van der Waals surface area contributed by atoms with Crippen LogP contribution in [-0.4, -0.2) is 38.8 Å². The van der Waals surface area contributed by atoms with Gasteiger partial charge in [0.25, 0.3) is 0 Å². The van der Waals surface area contributed by atoms with Gasteiger partial charge < -0.3 is 9.31 Å². The molecule has 0 saturated carbocycles. The highest BCUT2D eigenvalue weighted by Crippen LogP contribution is 2.39. The quantitative estimate of drug-likeness (QED) is 0.711. The first-order chi connectivity index (χ1) is 12.2. The molecule has 1 fully saturated rings.